The van der Waals surface area contributed by atoms with Crippen molar-refractivity contribution >= 4 is 32.4 Å². The van der Waals surface area contributed by atoms with Gasteiger partial charge in [-0.2, -0.15) is 0 Å². The minimum absolute atomic E-state index is 0.108. The highest BCUT2D eigenvalue weighted by Crippen LogP contribution is 2.30. The van der Waals surface area contributed by atoms with Crippen LogP contribution in [0.25, 0.3) is 10.2 Å². The molecular weight excluding hydrogens is 214 g/mol. The van der Waals surface area contributed by atoms with Crippen molar-refractivity contribution in [3.8, 4) is 0 Å². The van der Waals surface area contributed by atoms with Gasteiger partial charge < -0.3 is 4.90 Å². The van der Waals surface area contributed by atoms with Crippen molar-refractivity contribution in [1.82, 2.24) is 4.98 Å². The quantitative estimate of drug-likeness (QED) is 0.578. The maximum absolute atomic E-state index is 10.6. The summed E-state index contributed by atoms with van der Waals surface area (Å²) in [5.41, 5.74) is 0.908. The Morgan fingerprint density at radius 2 is 2.20 bits per heavy atom. The zero-order chi connectivity index (χ0) is 11.0. The molecule has 0 saturated carbocycles. The number of rotatable bonds is 2. The maximum atomic E-state index is 10.6. The number of fused-ring (bicyclic) bond motifs is 1. The third kappa shape index (κ3) is 1.75. The van der Waals surface area contributed by atoms with Gasteiger partial charge in [-0.15, -0.1) is 0 Å². The van der Waals surface area contributed by atoms with Crippen molar-refractivity contribution < 1.29 is 4.92 Å². The lowest BCUT2D eigenvalue weighted by Gasteiger charge is -2.04. The van der Waals surface area contributed by atoms with Crippen LogP contribution in [0.3, 0.4) is 0 Å². The predicted molar refractivity (Wildman–Crippen MR) is 60.6 cm³/mol. The van der Waals surface area contributed by atoms with Crippen molar-refractivity contribution in [1.29, 1.82) is 0 Å². The second-order valence-electron chi connectivity index (χ2n) is 3.30. The van der Waals surface area contributed by atoms with E-state index in [0.717, 1.165) is 15.3 Å². The summed E-state index contributed by atoms with van der Waals surface area (Å²) in [7, 11) is 3.79. The molecule has 0 bridgehead atoms. The molecule has 78 valence electrons. The van der Waals surface area contributed by atoms with Crippen LogP contribution in [0.5, 0.6) is 0 Å². The molecule has 0 amide bonds. The van der Waals surface area contributed by atoms with E-state index in [0.29, 0.717) is 0 Å². The lowest BCUT2D eigenvalue weighted by atomic mass is 10.3. The molecule has 0 N–H and O–H groups in total. The maximum Gasteiger partial charge on any atom is 0.270 e. The van der Waals surface area contributed by atoms with Crippen LogP contribution in [0.2, 0.25) is 0 Å². The molecule has 0 aliphatic heterocycles. The van der Waals surface area contributed by atoms with Crippen LogP contribution >= 0.6 is 11.3 Å². The summed E-state index contributed by atoms with van der Waals surface area (Å²) < 4.78 is 0.841. The summed E-state index contributed by atoms with van der Waals surface area (Å²) >= 11 is 1.45. The van der Waals surface area contributed by atoms with E-state index in [1.807, 2.05) is 19.0 Å². The fraction of sp³-hybridized carbons (Fsp3) is 0.222. The first kappa shape index (κ1) is 9.85. The molecule has 1 aromatic carbocycles. The van der Waals surface area contributed by atoms with E-state index in [1.54, 1.807) is 12.1 Å². The molecule has 0 aliphatic carbocycles. The standard InChI is InChI=1S/C9H9N3O2S/c1-11(2)9-10-7-4-3-6(12(13)14)5-8(7)15-9/h3-5H,1-2H3. The molecule has 1 heterocycles. The molecule has 15 heavy (non-hydrogen) atoms. The summed E-state index contributed by atoms with van der Waals surface area (Å²) in [5, 5.41) is 11.4. The normalized spacial score (nSPS) is 10.5. The highest BCUT2D eigenvalue weighted by atomic mass is 32.1. The summed E-state index contributed by atoms with van der Waals surface area (Å²) in [4.78, 5) is 16.4. The molecule has 5 nitrogen and oxygen atoms in total. The summed E-state index contributed by atoms with van der Waals surface area (Å²) in [6, 6.07) is 4.71. The van der Waals surface area contributed by atoms with Gasteiger partial charge in [0.1, 0.15) is 0 Å². The van der Waals surface area contributed by atoms with E-state index in [2.05, 4.69) is 4.98 Å². The first-order valence-corrected chi connectivity index (χ1v) is 5.12. The van der Waals surface area contributed by atoms with Gasteiger partial charge in [0.05, 0.1) is 15.1 Å². The van der Waals surface area contributed by atoms with E-state index < -0.39 is 4.92 Å². The number of nitro benzene ring substituents is 1. The fourth-order valence-electron chi connectivity index (χ4n) is 1.21. The predicted octanol–water partition coefficient (Wildman–Crippen LogP) is 2.27. The summed E-state index contributed by atoms with van der Waals surface area (Å²) in [6.07, 6.45) is 0. The third-order valence-corrected chi connectivity index (χ3v) is 3.14. The SMILES string of the molecule is CN(C)c1nc2ccc([N+](=O)[O-])cc2s1. The smallest absolute Gasteiger partial charge is 0.270 e. The van der Waals surface area contributed by atoms with Gasteiger partial charge in [-0.05, 0) is 6.07 Å². The molecule has 0 spiro atoms. The minimum atomic E-state index is -0.394. The van der Waals surface area contributed by atoms with E-state index in [1.165, 1.54) is 17.4 Å². The highest BCUT2D eigenvalue weighted by Gasteiger charge is 2.10. The van der Waals surface area contributed by atoms with Crippen molar-refractivity contribution in [3.05, 3.63) is 28.3 Å². The zero-order valence-corrected chi connectivity index (χ0v) is 9.11. The van der Waals surface area contributed by atoms with Crippen LogP contribution in [0, 0.1) is 10.1 Å². The van der Waals surface area contributed by atoms with Crippen LogP contribution in [0.15, 0.2) is 18.2 Å². The van der Waals surface area contributed by atoms with Gasteiger partial charge in [0.2, 0.25) is 0 Å². The van der Waals surface area contributed by atoms with Gasteiger partial charge in [-0.25, -0.2) is 4.98 Å². The number of hydrogen-bond donors (Lipinski definition) is 0. The van der Waals surface area contributed by atoms with Gasteiger partial charge >= 0.3 is 0 Å². The molecular formula is C9H9N3O2S. The molecule has 0 fully saturated rings. The third-order valence-electron chi connectivity index (χ3n) is 1.95. The number of anilines is 1. The average Bonchev–Trinajstić information content (AvgIpc) is 2.59. The molecule has 0 atom stereocenters. The molecule has 0 saturated heterocycles. The molecule has 0 unspecified atom stereocenters. The number of benzene rings is 1. The van der Waals surface area contributed by atoms with Crippen LogP contribution in [-0.2, 0) is 0 Å². The number of non-ortho nitro benzene ring substituents is 1. The van der Waals surface area contributed by atoms with Crippen molar-refractivity contribution in [2.75, 3.05) is 19.0 Å². The Kier molecular flexibility index (Phi) is 2.28. The first-order valence-electron chi connectivity index (χ1n) is 4.30. The van der Waals surface area contributed by atoms with E-state index >= 15 is 0 Å². The van der Waals surface area contributed by atoms with Crippen molar-refractivity contribution in [3.63, 3.8) is 0 Å². The van der Waals surface area contributed by atoms with Crippen LogP contribution in [-0.4, -0.2) is 24.0 Å². The lowest BCUT2D eigenvalue weighted by Crippen LogP contribution is -2.07. The van der Waals surface area contributed by atoms with Gasteiger partial charge in [0.15, 0.2) is 5.13 Å². The second kappa shape index (κ2) is 3.47. The highest BCUT2D eigenvalue weighted by molar-refractivity contribution is 7.22. The number of aromatic nitrogens is 1. The zero-order valence-electron chi connectivity index (χ0n) is 8.30. The lowest BCUT2D eigenvalue weighted by molar-refractivity contribution is -0.384. The molecule has 2 aromatic rings. The van der Waals surface area contributed by atoms with Crippen LogP contribution in [0.4, 0.5) is 10.8 Å². The number of nitro groups is 1. The Hall–Kier alpha value is -1.69. The first-order chi connectivity index (χ1) is 7.08. The number of nitrogens with zero attached hydrogens (tertiary/aromatic N) is 3. The summed E-state index contributed by atoms with van der Waals surface area (Å²) in [6.45, 7) is 0. The minimum Gasteiger partial charge on any atom is -0.354 e. The Labute approximate surface area is 90.1 Å². The van der Waals surface area contributed by atoms with Crippen molar-refractivity contribution in [2.24, 2.45) is 0 Å². The van der Waals surface area contributed by atoms with E-state index in [9.17, 15) is 10.1 Å². The number of thiazole rings is 1. The average molecular weight is 223 g/mol. The number of hydrogen-bond acceptors (Lipinski definition) is 5. The van der Waals surface area contributed by atoms with Gasteiger partial charge in [-0.3, -0.25) is 10.1 Å². The Morgan fingerprint density at radius 3 is 2.80 bits per heavy atom. The van der Waals surface area contributed by atoms with Crippen LogP contribution < -0.4 is 4.90 Å². The van der Waals surface area contributed by atoms with Crippen molar-refractivity contribution in [2.45, 2.75) is 0 Å². The van der Waals surface area contributed by atoms with Gasteiger partial charge in [-0.1, -0.05) is 11.3 Å². The molecule has 6 heteroatoms. The van der Waals surface area contributed by atoms with E-state index in [-0.39, 0.29) is 5.69 Å². The molecule has 0 aliphatic rings. The molecule has 2 rings (SSSR count). The molecule has 0 radical (unpaired) electrons. The monoisotopic (exact) mass is 223 g/mol. The van der Waals surface area contributed by atoms with Gasteiger partial charge in [0.25, 0.3) is 5.69 Å². The molecule has 1 aromatic heterocycles. The second-order valence-corrected chi connectivity index (χ2v) is 4.31. The topological polar surface area (TPSA) is 59.3 Å². The Bertz CT molecular complexity index is 521. The Morgan fingerprint density at radius 1 is 1.47 bits per heavy atom. The summed E-state index contributed by atoms with van der Waals surface area (Å²) in [5.74, 6) is 0. The Balaban J connectivity index is 2.57. The largest absolute Gasteiger partial charge is 0.354 e. The van der Waals surface area contributed by atoms with Gasteiger partial charge in [0, 0.05) is 26.2 Å². The van der Waals surface area contributed by atoms with E-state index in [4.69, 9.17) is 0 Å². The fourth-order valence-corrected chi connectivity index (χ4v) is 2.13. The van der Waals surface area contributed by atoms with Crippen LogP contribution in [0.1, 0.15) is 0 Å².